The Morgan fingerprint density at radius 3 is 2.30 bits per heavy atom. The van der Waals surface area contributed by atoms with Crippen molar-refractivity contribution in [1.82, 2.24) is 9.21 Å². The monoisotopic (exact) mass is 452 g/mol. The molecular formula is C19H21BrN2O4S. The van der Waals surface area contributed by atoms with Crippen molar-refractivity contribution < 1.29 is 17.9 Å². The summed E-state index contributed by atoms with van der Waals surface area (Å²) < 4.78 is 33.2. The third kappa shape index (κ3) is 4.69. The van der Waals surface area contributed by atoms with E-state index in [1.807, 2.05) is 25.1 Å². The second kappa shape index (κ2) is 8.41. The molecule has 0 atom stereocenters. The van der Waals surface area contributed by atoms with Crippen molar-refractivity contribution in [3.05, 3.63) is 58.6 Å². The highest BCUT2D eigenvalue weighted by Gasteiger charge is 2.30. The number of hydrogen-bond acceptors (Lipinski definition) is 4. The van der Waals surface area contributed by atoms with E-state index in [1.165, 1.54) is 4.31 Å². The van der Waals surface area contributed by atoms with E-state index >= 15 is 0 Å². The average molecular weight is 453 g/mol. The van der Waals surface area contributed by atoms with E-state index in [4.69, 9.17) is 4.74 Å². The second-order valence-corrected chi connectivity index (χ2v) is 9.11. The molecule has 0 unspecified atom stereocenters. The van der Waals surface area contributed by atoms with E-state index in [2.05, 4.69) is 15.9 Å². The summed E-state index contributed by atoms with van der Waals surface area (Å²) in [6, 6.07) is 14.1. The quantitative estimate of drug-likeness (QED) is 0.699. The summed E-state index contributed by atoms with van der Waals surface area (Å²) >= 11 is 3.38. The summed E-state index contributed by atoms with van der Waals surface area (Å²) in [5, 5.41) is 0. The molecular weight excluding hydrogens is 432 g/mol. The van der Waals surface area contributed by atoms with E-state index in [1.54, 1.807) is 35.2 Å². The van der Waals surface area contributed by atoms with Gasteiger partial charge in [0.15, 0.2) is 6.61 Å². The molecule has 0 spiro atoms. The van der Waals surface area contributed by atoms with Crippen molar-refractivity contribution in [2.75, 3.05) is 32.8 Å². The van der Waals surface area contributed by atoms with Gasteiger partial charge in [0.1, 0.15) is 5.75 Å². The maximum atomic E-state index is 12.7. The lowest BCUT2D eigenvalue weighted by atomic mass is 10.2. The Bertz CT molecular complexity index is 908. The molecule has 0 radical (unpaired) electrons. The zero-order chi connectivity index (χ0) is 19.4. The van der Waals surface area contributed by atoms with Gasteiger partial charge in [0, 0.05) is 26.2 Å². The predicted molar refractivity (Wildman–Crippen MR) is 106 cm³/mol. The van der Waals surface area contributed by atoms with Crippen molar-refractivity contribution in [1.29, 1.82) is 0 Å². The van der Waals surface area contributed by atoms with Crippen LogP contribution in [0.15, 0.2) is 57.9 Å². The van der Waals surface area contributed by atoms with Crippen LogP contribution in [-0.2, 0) is 14.8 Å². The van der Waals surface area contributed by atoms with Crippen molar-refractivity contribution in [3.8, 4) is 5.75 Å². The lowest BCUT2D eigenvalue weighted by Gasteiger charge is -2.34. The molecule has 1 fully saturated rings. The highest BCUT2D eigenvalue weighted by molar-refractivity contribution is 9.10. The molecule has 2 aromatic rings. The lowest BCUT2D eigenvalue weighted by molar-refractivity contribution is -0.134. The second-order valence-electron chi connectivity index (χ2n) is 6.32. The first-order valence-corrected chi connectivity index (χ1v) is 10.8. The number of halogens is 1. The topological polar surface area (TPSA) is 66.9 Å². The maximum Gasteiger partial charge on any atom is 0.260 e. The van der Waals surface area contributed by atoms with Gasteiger partial charge in [-0.15, -0.1) is 0 Å². The molecule has 0 N–H and O–H groups in total. The minimum absolute atomic E-state index is 0.0761. The molecule has 0 bridgehead atoms. The summed E-state index contributed by atoms with van der Waals surface area (Å²) in [4.78, 5) is 14.3. The van der Waals surface area contributed by atoms with E-state index in [0.29, 0.717) is 18.8 Å². The first-order chi connectivity index (χ1) is 12.9. The molecule has 144 valence electrons. The summed E-state index contributed by atoms with van der Waals surface area (Å²) in [5.41, 5.74) is 1.01. The van der Waals surface area contributed by atoms with Crippen LogP contribution in [0.1, 0.15) is 5.56 Å². The molecule has 8 heteroatoms. The highest BCUT2D eigenvalue weighted by atomic mass is 79.9. The van der Waals surface area contributed by atoms with Gasteiger partial charge in [0.25, 0.3) is 5.91 Å². The van der Waals surface area contributed by atoms with Crippen LogP contribution in [0, 0.1) is 6.92 Å². The third-order valence-corrected chi connectivity index (χ3v) is 7.01. The number of carbonyl (C=O) groups excluding carboxylic acids is 1. The van der Waals surface area contributed by atoms with Crippen LogP contribution in [0.4, 0.5) is 0 Å². The maximum absolute atomic E-state index is 12.7. The molecule has 1 amide bonds. The number of hydrogen-bond donors (Lipinski definition) is 0. The SMILES string of the molecule is Cc1ccc(S(=O)(=O)N2CCN(C(=O)COc3ccccc3Br)CC2)cc1. The van der Waals surface area contributed by atoms with Gasteiger partial charge in [-0.25, -0.2) is 8.42 Å². The molecule has 0 aliphatic carbocycles. The molecule has 6 nitrogen and oxygen atoms in total. The fourth-order valence-electron chi connectivity index (χ4n) is 2.83. The average Bonchev–Trinajstić information content (AvgIpc) is 2.67. The Kier molecular flexibility index (Phi) is 6.18. The molecule has 1 aliphatic heterocycles. The van der Waals surface area contributed by atoms with Crippen LogP contribution in [-0.4, -0.2) is 56.3 Å². The standard InChI is InChI=1S/C19H21BrN2O4S/c1-15-6-8-16(9-7-15)27(24,25)22-12-10-21(11-13-22)19(23)14-26-18-5-3-2-4-17(18)20/h2-9H,10-14H2,1H3. The van der Waals surface area contributed by atoms with E-state index in [9.17, 15) is 13.2 Å². The molecule has 3 rings (SSSR count). The Hall–Kier alpha value is -1.90. The number of nitrogens with zero attached hydrogens (tertiary/aromatic N) is 2. The molecule has 1 saturated heterocycles. The van der Waals surface area contributed by atoms with Crippen LogP contribution in [0.5, 0.6) is 5.75 Å². The zero-order valence-corrected chi connectivity index (χ0v) is 17.4. The number of amides is 1. The van der Waals surface area contributed by atoms with Crippen molar-refractivity contribution in [3.63, 3.8) is 0 Å². The molecule has 2 aromatic carbocycles. The van der Waals surface area contributed by atoms with Crippen molar-refractivity contribution in [2.24, 2.45) is 0 Å². The van der Waals surface area contributed by atoms with E-state index < -0.39 is 10.0 Å². The summed E-state index contributed by atoms with van der Waals surface area (Å²) in [6.07, 6.45) is 0. The normalized spacial score (nSPS) is 15.6. The number of aryl methyl sites for hydroxylation is 1. The van der Waals surface area contributed by atoms with Gasteiger partial charge < -0.3 is 9.64 Å². The molecule has 0 aromatic heterocycles. The fraction of sp³-hybridized carbons (Fsp3) is 0.316. The third-order valence-electron chi connectivity index (χ3n) is 4.44. The Balaban J connectivity index is 1.56. The fourth-order valence-corrected chi connectivity index (χ4v) is 4.65. The first-order valence-electron chi connectivity index (χ1n) is 8.60. The van der Waals surface area contributed by atoms with Gasteiger partial charge >= 0.3 is 0 Å². The number of para-hydroxylation sites is 1. The molecule has 0 saturated carbocycles. The zero-order valence-electron chi connectivity index (χ0n) is 15.0. The summed E-state index contributed by atoms with van der Waals surface area (Å²) in [6.45, 7) is 3.09. The van der Waals surface area contributed by atoms with Gasteiger partial charge in [0.05, 0.1) is 9.37 Å². The number of carbonyl (C=O) groups is 1. The van der Waals surface area contributed by atoms with Crippen LogP contribution < -0.4 is 4.74 Å². The van der Waals surface area contributed by atoms with Gasteiger partial charge in [-0.2, -0.15) is 4.31 Å². The van der Waals surface area contributed by atoms with E-state index in [0.717, 1.165) is 10.0 Å². The van der Waals surface area contributed by atoms with Crippen molar-refractivity contribution in [2.45, 2.75) is 11.8 Å². The van der Waals surface area contributed by atoms with Crippen molar-refractivity contribution >= 4 is 31.9 Å². The first kappa shape index (κ1) is 19.9. The smallest absolute Gasteiger partial charge is 0.260 e. The lowest BCUT2D eigenvalue weighted by Crippen LogP contribution is -2.51. The van der Waals surface area contributed by atoms with Gasteiger partial charge in [-0.3, -0.25) is 4.79 Å². The number of sulfonamides is 1. The van der Waals surface area contributed by atoms with Gasteiger partial charge in [-0.05, 0) is 47.1 Å². The Labute approximate surface area is 167 Å². The van der Waals surface area contributed by atoms with Crippen LogP contribution in [0.2, 0.25) is 0 Å². The summed E-state index contributed by atoms with van der Waals surface area (Å²) in [5.74, 6) is 0.449. The Morgan fingerprint density at radius 1 is 1.04 bits per heavy atom. The molecule has 27 heavy (non-hydrogen) atoms. The highest BCUT2D eigenvalue weighted by Crippen LogP contribution is 2.24. The predicted octanol–water partition coefficient (Wildman–Crippen LogP) is 2.67. The van der Waals surface area contributed by atoms with Crippen LogP contribution in [0.25, 0.3) is 0 Å². The molecule has 1 aliphatic rings. The number of rotatable bonds is 5. The summed E-state index contributed by atoms with van der Waals surface area (Å²) in [7, 11) is -3.53. The largest absolute Gasteiger partial charge is 0.483 e. The van der Waals surface area contributed by atoms with Crippen LogP contribution >= 0.6 is 15.9 Å². The van der Waals surface area contributed by atoms with E-state index in [-0.39, 0.29) is 30.5 Å². The number of benzene rings is 2. The van der Waals surface area contributed by atoms with Gasteiger partial charge in [0.2, 0.25) is 10.0 Å². The van der Waals surface area contributed by atoms with Gasteiger partial charge in [-0.1, -0.05) is 29.8 Å². The van der Waals surface area contributed by atoms with Crippen LogP contribution in [0.3, 0.4) is 0 Å². The Morgan fingerprint density at radius 2 is 1.67 bits per heavy atom. The number of piperazine rings is 1. The molecule has 1 heterocycles. The minimum atomic E-state index is -3.53. The minimum Gasteiger partial charge on any atom is -0.483 e. The number of ether oxygens (including phenoxy) is 1.